The van der Waals surface area contributed by atoms with Gasteiger partial charge in [0.2, 0.25) is 0 Å². The first-order valence-corrected chi connectivity index (χ1v) is 10.4. The lowest BCUT2D eigenvalue weighted by Crippen LogP contribution is -2.38. The first kappa shape index (κ1) is 24.6. The van der Waals surface area contributed by atoms with Crippen LogP contribution in [0.1, 0.15) is 29.3 Å². The number of aromatic nitrogens is 2. The summed E-state index contributed by atoms with van der Waals surface area (Å²) in [5, 5.41) is 9.32. The number of aryl methyl sites for hydroxylation is 1. The molecule has 1 heterocycles. The van der Waals surface area contributed by atoms with Crippen LogP contribution in [0.15, 0.2) is 59.9 Å². The molecule has 1 aromatic heterocycles. The number of hydrogen-bond donors (Lipinski definition) is 3. The zero-order valence-electron chi connectivity index (χ0n) is 18.1. The molecule has 3 aromatic rings. The van der Waals surface area contributed by atoms with E-state index in [0.29, 0.717) is 5.56 Å². The van der Waals surface area contributed by atoms with Crippen LogP contribution in [0.2, 0.25) is 0 Å². The molecule has 31 heavy (non-hydrogen) atoms. The molecule has 0 saturated carbocycles. The average molecular weight is 534 g/mol. The number of para-hydroxylation sites is 2. The Labute approximate surface area is 200 Å². The number of carbonyl (C=O) groups excluding carboxylic acids is 1. The van der Waals surface area contributed by atoms with E-state index in [1.807, 2.05) is 48.8 Å². The second-order valence-electron chi connectivity index (χ2n) is 7.00. The predicted octanol–water partition coefficient (Wildman–Crippen LogP) is 3.20. The molecule has 0 radical (unpaired) electrons. The van der Waals surface area contributed by atoms with Crippen molar-refractivity contribution in [2.24, 2.45) is 4.99 Å². The minimum atomic E-state index is -0.0645. The van der Waals surface area contributed by atoms with Crippen LogP contribution in [-0.4, -0.2) is 48.1 Å². The minimum Gasteiger partial charge on any atom is -0.357 e. The van der Waals surface area contributed by atoms with E-state index < -0.39 is 0 Å². The largest absolute Gasteiger partial charge is 0.357 e. The van der Waals surface area contributed by atoms with Crippen LogP contribution < -0.4 is 16.0 Å². The van der Waals surface area contributed by atoms with E-state index in [1.165, 1.54) is 0 Å². The van der Waals surface area contributed by atoms with Crippen molar-refractivity contribution in [3.05, 3.63) is 66.0 Å². The normalized spacial score (nSPS) is 11.1. The first-order chi connectivity index (χ1) is 14.7. The number of halogens is 1. The molecule has 0 bridgehead atoms. The molecule has 3 N–H and O–H groups in total. The van der Waals surface area contributed by atoms with Crippen LogP contribution in [0.3, 0.4) is 0 Å². The molecule has 0 spiro atoms. The summed E-state index contributed by atoms with van der Waals surface area (Å²) >= 11 is 0. The average Bonchev–Trinajstić information content (AvgIpc) is 3.19. The third-order valence-electron chi connectivity index (χ3n) is 4.82. The van der Waals surface area contributed by atoms with Gasteiger partial charge in [-0.2, -0.15) is 0 Å². The maximum absolute atomic E-state index is 11.8. The van der Waals surface area contributed by atoms with Crippen LogP contribution in [-0.2, 0) is 13.0 Å². The van der Waals surface area contributed by atoms with Gasteiger partial charge in [0.25, 0.3) is 5.91 Å². The van der Waals surface area contributed by atoms with Crippen molar-refractivity contribution in [3.63, 3.8) is 0 Å². The third-order valence-corrected chi connectivity index (χ3v) is 4.82. The molecule has 0 fully saturated rings. The minimum absolute atomic E-state index is 0. The number of aliphatic imine (C=N–C) groups is 1. The summed E-state index contributed by atoms with van der Waals surface area (Å²) in [5.41, 5.74) is 3.98. The maximum Gasteiger partial charge on any atom is 0.251 e. The van der Waals surface area contributed by atoms with Crippen LogP contribution in [0.5, 0.6) is 0 Å². The molecule has 0 unspecified atom stereocenters. The zero-order valence-corrected chi connectivity index (χ0v) is 20.4. The standard InChI is InChI=1S/C23H30N6O.HI/c1-3-25-23(27-14-12-18-8-6-9-19(16-18)22(30)24-2)26-13-7-15-29-17-28-20-10-4-5-11-21(20)29;/h4-6,8-11,16-17H,3,7,12-15H2,1-2H3,(H,24,30)(H2,25,26,27);1H. The predicted molar refractivity (Wildman–Crippen MR) is 137 cm³/mol. The van der Waals surface area contributed by atoms with Crippen LogP contribution in [0.4, 0.5) is 0 Å². The number of nitrogens with one attached hydrogen (secondary N) is 3. The zero-order chi connectivity index (χ0) is 21.2. The summed E-state index contributed by atoms with van der Waals surface area (Å²) in [6.45, 7) is 5.23. The number of benzene rings is 2. The van der Waals surface area contributed by atoms with Gasteiger partial charge in [0.15, 0.2) is 5.96 Å². The molecule has 0 aliphatic carbocycles. The van der Waals surface area contributed by atoms with Crippen molar-refractivity contribution in [2.75, 3.05) is 26.7 Å². The van der Waals surface area contributed by atoms with E-state index in [9.17, 15) is 4.79 Å². The van der Waals surface area contributed by atoms with E-state index >= 15 is 0 Å². The van der Waals surface area contributed by atoms with Gasteiger partial charge < -0.3 is 20.5 Å². The molecular formula is C23H31IN6O. The van der Waals surface area contributed by atoms with E-state index in [-0.39, 0.29) is 29.9 Å². The number of nitrogens with zero attached hydrogens (tertiary/aromatic N) is 3. The highest BCUT2D eigenvalue weighted by molar-refractivity contribution is 14.0. The summed E-state index contributed by atoms with van der Waals surface area (Å²) in [4.78, 5) is 20.9. The van der Waals surface area contributed by atoms with Gasteiger partial charge in [-0.1, -0.05) is 24.3 Å². The summed E-state index contributed by atoms with van der Waals surface area (Å²) < 4.78 is 2.17. The lowest BCUT2D eigenvalue weighted by molar-refractivity contribution is 0.0963. The quantitative estimate of drug-likeness (QED) is 0.171. The van der Waals surface area contributed by atoms with Gasteiger partial charge in [0.05, 0.1) is 17.4 Å². The molecular weight excluding hydrogens is 503 g/mol. The SMILES string of the molecule is CCNC(=NCCCn1cnc2ccccc21)NCCc1cccc(C(=O)NC)c1.I. The number of guanidine groups is 1. The number of fused-ring (bicyclic) bond motifs is 1. The van der Waals surface area contributed by atoms with Crippen LogP contribution >= 0.6 is 24.0 Å². The lowest BCUT2D eigenvalue weighted by Gasteiger charge is -2.12. The summed E-state index contributed by atoms with van der Waals surface area (Å²) in [5.74, 6) is 0.751. The Kier molecular flexibility index (Phi) is 10.3. The monoisotopic (exact) mass is 534 g/mol. The maximum atomic E-state index is 11.8. The van der Waals surface area contributed by atoms with Crippen LogP contribution in [0, 0.1) is 0 Å². The molecule has 166 valence electrons. The van der Waals surface area contributed by atoms with Crippen LogP contribution in [0.25, 0.3) is 11.0 Å². The number of hydrogen-bond acceptors (Lipinski definition) is 3. The van der Waals surface area contributed by atoms with Crippen molar-refractivity contribution >= 4 is 46.9 Å². The summed E-state index contributed by atoms with van der Waals surface area (Å²) in [6.07, 6.45) is 3.64. The van der Waals surface area contributed by atoms with Gasteiger partial charge in [0, 0.05) is 38.8 Å². The van der Waals surface area contributed by atoms with Gasteiger partial charge >= 0.3 is 0 Å². The van der Waals surface area contributed by atoms with E-state index in [0.717, 1.165) is 61.6 Å². The molecule has 3 rings (SSSR count). The Hall–Kier alpha value is -2.62. The topological polar surface area (TPSA) is 83.3 Å². The van der Waals surface area contributed by atoms with Gasteiger partial charge in [0.1, 0.15) is 0 Å². The molecule has 0 aliphatic heterocycles. The fourth-order valence-electron chi connectivity index (χ4n) is 3.30. The Balaban J connectivity index is 0.00000341. The highest BCUT2D eigenvalue weighted by atomic mass is 127. The number of amides is 1. The fraction of sp³-hybridized carbons (Fsp3) is 0.348. The van der Waals surface area contributed by atoms with Crippen molar-refractivity contribution in [2.45, 2.75) is 26.3 Å². The highest BCUT2D eigenvalue weighted by Gasteiger charge is 2.04. The molecule has 2 aromatic carbocycles. The van der Waals surface area contributed by atoms with E-state index in [1.54, 1.807) is 7.05 Å². The van der Waals surface area contributed by atoms with Gasteiger partial charge in [-0.05, 0) is 49.6 Å². The van der Waals surface area contributed by atoms with Crippen molar-refractivity contribution in [3.8, 4) is 0 Å². The molecule has 0 saturated heterocycles. The number of carbonyl (C=O) groups is 1. The third kappa shape index (κ3) is 7.23. The molecule has 0 aliphatic rings. The molecule has 0 atom stereocenters. The Bertz CT molecular complexity index is 1000. The second-order valence-corrected chi connectivity index (χ2v) is 7.00. The second kappa shape index (κ2) is 12.9. The van der Waals surface area contributed by atoms with E-state index in [4.69, 9.17) is 0 Å². The number of imidazole rings is 1. The summed E-state index contributed by atoms with van der Waals surface area (Å²) in [7, 11) is 1.64. The van der Waals surface area contributed by atoms with Crippen molar-refractivity contribution < 1.29 is 4.79 Å². The van der Waals surface area contributed by atoms with E-state index in [2.05, 4.69) is 43.5 Å². The number of rotatable bonds is 9. The smallest absolute Gasteiger partial charge is 0.251 e. The summed E-state index contributed by atoms with van der Waals surface area (Å²) in [6, 6.07) is 15.9. The Morgan fingerprint density at radius 1 is 1.13 bits per heavy atom. The highest BCUT2D eigenvalue weighted by Crippen LogP contribution is 2.12. The van der Waals surface area contributed by atoms with Crippen molar-refractivity contribution in [1.82, 2.24) is 25.5 Å². The molecule has 1 amide bonds. The fourth-order valence-corrected chi connectivity index (χ4v) is 3.30. The molecule has 7 nitrogen and oxygen atoms in total. The Morgan fingerprint density at radius 2 is 1.97 bits per heavy atom. The Morgan fingerprint density at radius 3 is 2.77 bits per heavy atom. The van der Waals surface area contributed by atoms with Gasteiger partial charge in [-0.25, -0.2) is 4.98 Å². The molecule has 8 heteroatoms. The van der Waals surface area contributed by atoms with Crippen molar-refractivity contribution in [1.29, 1.82) is 0 Å². The van der Waals surface area contributed by atoms with Gasteiger partial charge in [-0.3, -0.25) is 9.79 Å². The van der Waals surface area contributed by atoms with Gasteiger partial charge in [-0.15, -0.1) is 24.0 Å². The lowest BCUT2D eigenvalue weighted by atomic mass is 10.1. The first-order valence-electron chi connectivity index (χ1n) is 10.4.